The van der Waals surface area contributed by atoms with Gasteiger partial charge >= 0.3 is 0 Å². The van der Waals surface area contributed by atoms with Gasteiger partial charge in [-0.2, -0.15) is 0 Å². The summed E-state index contributed by atoms with van der Waals surface area (Å²) in [5.74, 6) is 0.676. The fourth-order valence-corrected chi connectivity index (χ4v) is 3.21. The van der Waals surface area contributed by atoms with Gasteiger partial charge in [0.05, 0.1) is 6.04 Å². The first-order chi connectivity index (χ1) is 12.2. The van der Waals surface area contributed by atoms with E-state index in [1.165, 1.54) is 16.7 Å². The summed E-state index contributed by atoms with van der Waals surface area (Å²) in [6, 6.07) is 14.3. The maximum atomic E-state index is 12.5. The maximum absolute atomic E-state index is 12.5. The number of carbonyl (C=O) groups is 1. The van der Waals surface area contributed by atoms with E-state index in [-0.39, 0.29) is 24.0 Å². The Morgan fingerprint density at radius 2 is 1.81 bits per heavy atom. The van der Waals surface area contributed by atoms with Crippen molar-refractivity contribution in [3.63, 3.8) is 0 Å². The molecule has 0 unspecified atom stereocenters. The average molecular weight is 354 g/mol. The highest BCUT2D eigenvalue weighted by Crippen LogP contribution is 2.31. The highest BCUT2D eigenvalue weighted by Gasteiger charge is 2.20. The normalized spacial score (nSPS) is 12.5. The summed E-state index contributed by atoms with van der Waals surface area (Å²) in [7, 11) is 0. The van der Waals surface area contributed by atoms with Crippen LogP contribution in [-0.2, 0) is 10.2 Å². The zero-order chi connectivity index (χ0) is 19.3. The van der Waals surface area contributed by atoms with Crippen molar-refractivity contribution < 1.29 is 9.53 Å². The van der Waals surface area contributed by atoms with Crippen molar-refractivity contribution in [2.75, 3.05) is 6.61 Å². The van der Waals surface area contributed by atoms with Gasteiger partial charge in [-0.1, -0.05) is 69.7 Å². The van der Waals surface area contributed by atoms with Crippen LogP contribution in [0, 0.1) is 13.8 Å². The van der Waals surface area contributed by atoms with Crippen molar-refractivity contribution in [1.82, 2.24) is 5.32 Å². The minimum Gasteiger partial charge on any atom is -0.483 e. The molecule has 3 heteroatoms. The smallest absolute Gasteiger partial charge is 0.258 e. The summed E-state index contributed by atoms with van der Waals surface area (Å²) < 4.78 is 5.84. The molecule has 26 heavy (non-hydrogen) atoms. The Kier molecular flexibility index (Phi) is 6.47. The lowest BCUT2D eigenvalue weighted by Gasteiger charge is -2.23. The van der Waals surface area contributed by atoms with Crippen LogP contribution in [0.1, 0.15) is 62.4 Å². The predicted octanol–water partition coefficient (Wildman–Crippen LogP) is 5.25. The monoisotopic (exact) mass is 353 g/mol. The Bertz CT molecular complexity index is 759. The third kappa shape index (κ3) is 5.10. The summed E-state index contributed by atoms with van der Waals surface area (Å²) in [5, 5.41) is 3.11. The molecule has 2 rings (SSSR count). The maximum Gasteiger partial charge on any atom is 0.258 e. The Labute approximate surface area is 157 Å². The van der Waals surface area contributed by atoms with Gasteiger partial charge in [0, 0.05) is 0 Å². The molecule has 0 bridgehead atoms. The summed E-state index contributed by atoms with van der Waals surface area (Å²) in [6.45, 7) is 12.7. The van der Waals surface area contributed by atoms with Crippen LogP contribution in [0.3, 0.4) is 0 Å². The molecule has 0 aliphatic rings. The highest BCUT2D eigenvalue weighted by atomic mass is 16.5. The summed E-state index contributed by atoms with van der Waals surface area (Å²) >= 11 is 0. The third-order valence-electron chi connectivity index (χ3n) is 4.60. The third-order valence-corrected chi connectivity index (χ3v) is 4.60. The van der Waals surface area contributed by atoms with Crippen LogP contribution in [0.25, 0.3) is 0 Å². The topological polar surface area (TPSA) is 38.3 Å². The fourth-order valence-electron chi connectivity index (χ4n) is 3.21. The van der Waals surface area contributed by atoms with Crippen molar-refractivity contribution in [3.05, 3.63) is 64.7 Å². The largest absolute Gasteiger partial charge is 0.483 e. The minimum atomic E-state index is -0.0967. The van der Waals surface area contributed by atoms with E-state index in [1.54, 1.807) is 0 Å². The van der Waals surface area contributed by atoms with Crippen LogP contribution in [0.2, 0.25) is 0 Å². The Morgan fingerprint density at radius 1 is 1.12 bits per heavy atom. The van der Waals surface area contributed by atoms with E-state index >= 15 is 0 Å². The molecule has 0 fully saturated rings. The molecule has 1 amide bonds. The predicted molar refractivity (Wildman–Crippen MR) is 108 cm³/mol. The van der Waals surface area contributed by atoms with E-state index in [9.17, 15) is 4.79 Å². The average Bonchev–Trinajstić information content (AvgIpc) is 2.58. The van der Waals surface area contributed by atoms with Crippen LogP contribution in [0.15, 0.2) is 42.5 Å². The van der Waals surface area contributed by atoms with Crippen LogP contribution >= 0.6 is 0 Å². The van der Waals surface area contributed by atoms with Crippen LogP contribution in [0.4, 0.5) is 0 Å². The number of benzene rings is 2. The SMILES string of the molecule is CC[C@@H](NC(=O)COc1ccccc1C(C)(C)C)c1ccc(C)cc1C. The standard InChI is InChI=1S/C23H31NO2/c1-7-20(18-13-12-16(2)14-17(18)3)24-22(25)15-26-21-11-9-8-10-19(21)23(4,5)6/h8-14,20H,7,15H2,1-6H3,(H,24,25)/t20-/m1/s1. The first-order valence-corrected chi connectivity index (χ1v) is 9.31. The minimum absolute atomic E-state index is 0.00422. The van der Waals surface area contributed by atoms with E-state index < -0.39 is 0 Å². The second kappa shape index (κ2) is 8.39. The molecule has 0 aliphatic heterocycles. The van der Waals surface area contributed by atoms with Gasteiger partial charge in [-0.15, -0.1) is 0 Å². The number of rotatable bonds is 6. The Morgan fingerprint density at radius 3 is 2.42 bits per heavy atom. The quantitative estimate of drug-likeness (QED) is 0.770. The molecule has 0 saturated carbocycles. The Hall–Kier alpha value is -2.29. The van der Waals surface area contributed by atoms with Gasteiger partial charge in [0.15, 0.2) is 6.61 Å². The van der Waals surface area contributed by atoms with Crippen molar-refractivity contribution in [1.29, 1.82) is 0 Å². The molecule has 0 spiro atoms. The van der Waals surface area contributed by atoms with Crippen molar-refractivity contribution in [3.8, 4) is 5.75 Å². The van der Waals surface area contributed by atoms with Gasteiger partial charge in [0.25, 0.3) is 5.91 Å². The number of amides is 1. The summed E-state index contributed by atoms with van der Waals surface area (Å²) in [5.41, 5.74) is 4.68. The second-order valence-electron chi connectivity index (χ2n) is 7.92. The number of nitrogens with one attached hydrogen (secondary N) is 1. The van der Waals surface area contributed by atoms with Crippen LogP contribution in [-0.4, -0.2) is 12.5 Å². The van der Waals surface area contributed by atoms with Gasteiger partial charge in [-0.25, -0.2) is 0 Å². The van der Waals surface area contributed by atoms with E-state index in [4.69, 9.17) is 4.74 Å². The van der Waals surface area contributed by atoms with Gasteiger partial charge in [0.2, 0.25) is 0 Å². The molecule has 0 aromatic heterocycles. The highest BCUT2D eigenvalue weighted by molar-refractivity contribution is 5.78. The zero-order valence-corrected chi connectivity index (χ0v) is 16.8. The van der Waals surface area contributed by atoms with Crippen molar-refractivity contribution in [2.45, 2.75) is 59.4 Å². The molecule has 0 radical (unpaired) electrons. The first-order valence-electron chi connectivity index (χ1n) is 9.31. The number of hydrogen-bond donors (Lipinski definition) is 1. The second-order valence-corrected chi connectivity index (χ2v) is 7.92. The summed E-state index contributed by atoms with van der Waals surface area (Å²) in [4.78, 5) is 12.5. The molecule has 2 aromatic carbocycles. The molecular formula is C23H31NO2. The van der Waals surface area contributed by atoms with Crippen LogP contribution in [0.5, 0.6) is 5.75 Å². The first kappa shape index (κ1) is 20.0. The molecule has 0 heterocycles. The summed E-state index contributed by atoms with van der Waals surface area (Å²) in [6.07, 6.45) is 0.841. The van der Waals surface area contributed by atoms with Gasteiger partial charge < -0.3 is 10.1 Å². The van der Waals surface area contributed by atoms with E-state index in [0.717, 1.165) is 17.7 Å². The number of aryl methyl sites for hydroxylation is 2. The number of ether oxygens (including phenoxy) is 1. The number of carbonyl (C=O) groups excluding carboxylic acids is 1. The Balaban J connectivity index is 2.04. The molecule has 2 aromatic rings. The van der Waals surface area contributed by atoms with Gasteiger partial charge in [-0.05, 0) is 48.4 Å². The van der Waals surface area contributed by atoms with E-state index in [2.05, 4.69) is 71.1 Å². The lowest BCUT2D eigenvalue weighted by molar-refractivity contribution is -0.123. The molecular weight excluding hydrogens is 322 g/mol. The molecule has 1 N–H and O–H groups in total. The van der Waals surface area contributed by atoms with Crippen LogP contribution < -0.4 is 10.1 Å². The van der Waals surface area contributed by atoms with Crippen molar-refractivity contribution in [2.24, 2.45) is 0 Å². The van der Waals surface area contributed by atoms with Gasteiger partial charge in [0.1, 0.15) is 5.75 Å². The van der Waals surface area contributed by atoms with E-state index in [0.29, 0.717) is 0 Å². The van der Waals surface area contributed by atoms with E-state index in [1.807, 2.05) is 18.2 Å². The fraction of sp³-hybridized carbons (Fsp3) is 0.435. The van der Waals surface area contributed by atoms with Gasteiger partial charge in [-0.3, -0.25) is 4.79 Å². The molecule has 0 aliphatic carbocycles. The zero-order valence-electron chi connectivity index (χ0n) is 16.8. The molecule has 3 nitrogen and oxygen atoms in total. The molecule has 0 saturated heterocycles. The lowest BCUT2D eigenvalue weighted by atomic mass is 9.86. The molecule has 1 atom stereocenters. The number of hydrogen-bond acceptors (Lipinski definition) is 2. The van der Waals surface area contributed by atoms with Crippen molar-refractivity contribution >= 4 is 5.91 Å². The number of para-hydroxylation sites is 1. The lowest BCUT2D eigenvalue weighted by Crippen LogP contribution is -2.33. The molecule has 140 valence electrons.